The lowest BCUT2D eigenvalue weighted by Gasteiger charge is -2.19. The smallest absolute Gasteiger partial charge is 0.243 e. The van der Waals surface area contributed by atoms with Gasteiger partial charge in [0.2, 0.25) is 10.0 Å². The molecule has 0 saturated carbocycles. The van der Waals surface area contributed by atoms with Crippen molar-refractivity contribution in [2.45, 2.75) is 30.6 Å². The zero-order valence-corrected chi connectivity index (χ0v) is 11.5. The molecule has 1 saturated heterocycles. The number of imidazole rings is 1. The maximum absolute atomic E-state index is 12.6. The topological polar surface area (TPSA) is 66.1 Å². The van der Waals surface area contributed by atoms with E-state index in [1.165, 1.54) is 0 Å². The maximum Gasteiger partial charge on any atom is 0.243 e. The van der Waals surface area contributed by atoms with Crippen LogP contribution in [0.15, 0.2) is 29.4 Å². The highest BCUT2D eigenvalue weighted by molar-refractivity contribution is 7.89. The predicted octanol–water partition coefficient (Wildman–Crippen LogP) is 2.13. The van der Waals surface area contributed by atoms with Gasteiger partial charge < -0.3 is 4.98 Å². The molecule has 1 aliphatic heterocycles. The summed E-state index contributed by atoms with van der Waals surface area (Å²) in [5, 5.41) is 0. The number of hydrogen-bond donors (Lipinski definition) is 1. The number of H-pyrrole nitrogens is 1. The van der Waals surface area contributed by atoms with E-state index in [0.717, 1.165) is 36.7 Å². The molecule has 2 aromatic rings. The fraction of sp³-hybridized carbons (Fsp3) is 0.462. The van der Waals surface area contributed by atoms with Crippen LogP contribution in [0.5, 0.6) is 0 Å². The van der Waals surface area contributed by atoms with Gasteiger partial charge in [-0.3, -0.25) is 0 Å². The molecule has 2 heterocycles. The second kappa shape index (κ2) is 4.94. The van der Waals surface area contributed by atoms with Crippen LogP contribution in [0.3, 0.4) is 0 Å². The molecule has 0 unspecified atom stereocenters. The largest absolute Gasteiger partial charge is 0.345 e. The van der Waals surface area contributed by atoms with E-state index in [-0.39, 0.29) is 0 Å². The van der Waals surface area contributed by atoms with E-state index in [4.69, 9.17) is 0 Å². The van der Waals surface area contributed by atoms with Crippen molar-refractivity contribution in [1.82, 2.24) is 14.3 Å². The summed E-state index contributed by atoms with van der Waals surface area (Å²) in [4.78, 5) is 7.41. The summed E-state index contributed by atoms with van der Waals surface area (Å²) in [5.74, 6) is 0. The number of benzene rings is 1. The highest BCUT2D eigenvalue weighted by Gasteiger charge is 2.25. The van der Waals surface area contributed by atoms with Gasteiger partial charge in [0.15, 0.2) is 0 Å². The van der Waals surface area contributed by atoms with Crippen LogP contribution in [0, 0.1) is 0 Å². The van der Waals surface area contributed by atoms with Crippen LogP contribution in [0.4, 0.5) is 0 Å². The molecule has 5 nitrogen and oxygen atoms in total. The third kappa shape index (κ3) is 2.37. The van der Waals surface area contributed by atoms with Crippen molar-refractivity contribution in [3.8, 4) is 0 Å². The first kappa shape index (κ1) is 12.6. The van der Waals surface area contributed by atoms with Gasteiger partial charge in [0.05, 0.1) is 22.3 Å². The second-order valence-electron chi connectivity index (χ2n) is 4.90. The fourth-order valence-electron chi connectivity index (χ4n) is 2.51. The predicted molar refractivity (Wildman–Crippen MR) is 73.3 cm³/mol. The monoisotopic (exact) mass is 279 g/mol. The minimum absolute atomic E-state index is 0.353. The Morgan fingerprint density at radius 2 is 1.84 bits per heavy atom. The highest BCUT2D eigenvalue weighted by Crippen LogP contribution is 2.22. The molecule has 0 atom stereocenters. The first-order valence-electron chi connectivity index (χ1n) is 6.61. The third-order valence-electron chi connectivity index (χ3n) is 3.59. The molecule has 1 N–H and O–H groups in total. The maximum atomic E-state index is 12.6. The lowest BCUT2D eigenvalue weighted by molar-refractivity contribution is 0.424. The Balaban J connectivity index is 1.97. The first-order chi connectivity index (χ1) is 9.18. The van der Waals surface area contributed by atoms with Gasteiger partial charge in [0.25, 0.3) is 0 Å². The van der Waals surface area contributed by atoms with Crippen LogP contribution in [0.2, 0.25) is 0 Å². The van der Waals surface area contributed by atoms with E-state index in [1.54, 1.807) is 28.8 Å². The molecule has 0 radical (unpaired) electrons. The number of nitrogens with zero attached hydrogens (tertiary/aromatic N) is 2. The lowest BCUT2D eigenvalue weighted by Crippen LogP contribution is -2.31. The molecule has 19 heavy (non-hydrogen) atoms. The van der Waals surface area contributed by atoms with Gasteiger partial charge in [-0.25, -0.2) is 13.4 Å². The van der Waals surface area contributed by atoms with Crippen molar-refractivity contribution in [3.63, 3.8) is 0 Å². The van der Waals surface area contributed by atoms with Crippen LogP contribution in [-0.4, -0.2) is 35.8 Å². The van der Waals surface area contributed by atoms with Crippen LogP contribution in [0.1, 0.15) is 25.7 Å². The standard InChI is InChI=1S/C13H17N3O2S/c17-19(18,16-7-3-1-2-4-8-16)11-5-6-12-13(9-11)15-10-14-12/h5-6,9-10H,1-4,7-8H2,(H,14,15). The van der Waals surface area contributed by atoms with Crippen molar-refractivity contribution in [1.29, 1.82) is 0 Å². The van der Waals surface area contributed by atoms with Gasteiger partial charge in [0, 0.05) is 13.1 Å². The zero-order chi connectivity index (χ0) is 13.3. The Morgan fingerprint density at radius 1 is 1.11 bits per heavy atom. The first-order valence-corrected chi connectivity index (χ1v) is 8.05. The number of sulfonamides is 1. The zero-order valence-electron chi connectivity index (χ0n) is 10.7. The summed E-state index contributed by atoms with van der Waals surface area (Å²) in [6.45, 7) is 1.26. The molecule has 1 aromatic heterocycles. The van der Waals surface area contributed by atoms with Crippen molar-refractivity contribution in [3.05, 3.63) is 24.5 Å². The molecule has 3 rings (SSSR count). The van der Waals surface area contributed by atoms with E-state index in [0.29, 0.717) is 18.0 Å². The lowest BCUT2D eigenvalue weighted by atomic mass is 10.2. The normalized spacial score (nSPS) is 18.5. The Hall–Kier alpha value is -1.40. The van der Waals surface area contributed by atoms with Gasteiger partial charge in [-0.2, -0.15) is 4.31 Å². The minimum Gasteiger partial charge on any atom is -0.345 e. The molecule has 0 amide bonds. The van der Waals surface area contributed by atoms with Gasteiger partial charge in [-0.15, -0.1) is 0 Å². The SMILES string of the molecule is O=S(=O)(c1ccc2nc[nH]c2c1)N1CCCCCC1. The molecule has 0 spiro atoms. The summed E-state index contributed by atoms with van der Waals surface area (Å²) in [6, 6.07) is 5.06. The van der Waals surface area contributed by atoms with Gasteiger partial charge in [-0.1, -0.05) is 12.8 Å². The van der Waals surface area contributed by atoms with Crippen LogP contribution >= 0.6 is 0 Å². The average Bonchev–Trinajstić information content (AvgIpc) is 2.69. The molecular weight excluding hydrogens is 262 g/mol. The Bertz CT molecular complexity index is 670. The molecule has 1 fully saturated rings. The number of aromatic amines is 1. The van der Waals surface area contributed by atoms with Gasteiger partial charge in [0.1, 0.15) is 0 Å². The molecule has 1 aromatic carbocycles. The number of hydrogen-bond acceptors (Lipinski definition) is 3. The molecule has 102 valence electrons. The van der Waals surface area contributed by atoms with Gasteiger partial charge in [-0.05, 0) is 31.0 Å². The molecule has 0 aliphatic carbocycles. The van der Waals surface area contributed by atoms with E-state index >= 15 is 0 Å². The summed E-state index contributed by atoms with van der Waals surface area (Å²) in [6.07, 6.45) is 5.71. The third-order valence-corrected chi connectivity index (χ3v) is 5.49. The van der Waals surface area contributed by atoms with Crippen molar-refractivity contribution < 1.29 is 8.42 Å². The highest BCUT2D eigenvalue weighted by atomic mass is 32.2. The average molecular weight is 279 g/mol. The van der Waals surface area contributed by atoms with Crippen LogP contribution in [0.25, 0.3) is 11.0 Å². The van der Waals surface area contributed by atoms with E-state index in [1.807, 2.05) is 0 Å². The van der Waals surface area contributed by atoms with Crippen molar-refractivity contribution in [2.24, 2.45) is 0 Å². The summed E-state index contributed by atoms with van der Waals surface area (Å²) >= 11 is 0. The number of nitrogens with one attached hydrogen (secondary N) is 1. The summed E-state index contributed by atoms with van der Waals surface area (Å²) in [5.41, 5.74) is 1.55. The second-order valence-corrected chi connectivity index (χ2v) is 6.84. The van der Waals surface area contributed by atoms with E-state index in [9.17, 15) is 8.42 Å². The van der Waals surface area contributed by atoms with E-state index < -0.39 is 10.0 Å². The molecule has 1 aliphatic rings. The molecule has 0 bridgehead atoms. The number of aromatic nitrogens is 2. The number of rotatable bonds is 2. The number of fused-ring (bicyclic) bond motifs is 1. The summed E-state index contributed by atoms with van der Waals surface area (Å²) in [7, 11) is -3.37. The van der Waals surface area contributed by atoms with Gasteiger partial charge >= 0.3 is 0 Å². The summed E-state index contributed by atoms with van der Waals surface area (Å²) < 4.78 is 26.8. The Kier molecular flexibility index (Phi) is 3.28. The quantitative estimate of drug-likeness (QED) is 0.915. The van der Waals surface area contributed by atoms with Crippen LogP contribution < -0.4 is 0 Å². The molecule has 6 heteroatoms. The minimum atomic E-state index is -3.37. The Labute approximate surface area is 112 Å². The van der Waals surface area contributed by atoms with Crippen LogP contribution in [-0.2, 0) is 10.0 Å². The van der Waals surface area contributed by atoms with Crippen molar-refractivity contribution in [2.75, 3.05) is 13.1 Å². The Morgan fingerprint density at radius 3 is 2.58 bits per heavy atom. The molecular formula is C13H17N3O2S. The fourth-order valence-corrected chi connectivity index (χ4v) is 4.05. The van der Waals surface area contributed by atoms with Crippen molar-refractivity contribution >= 4 is 21.1 Å². The van der Waals surface area contributed by atoms with E-state index in [2.05, 4.69) is 9.97 Å².